The summed E-state index contributed by atoms with van der Waals surface area (Å²) in [7, 11) is 0. The Labute approximate surface area is 133 Å². The van der Waals surface area contributed by atoms with Crippen molar-refractivity contribution in [2.75, 3.05) is 5.32 Å². The van der Waals surface area contributed by atoms with Gasteiger partial charge in [-0.2, -0.15) is 0 Å². The van der Waals surface area contributed by atoms with Crippen LogP contribution in [0.1, 0.15) is 36.8 Å². The molecule has 0 aliphatic heterocycles. The Balaban J connectivity index is 1.94. The van der Waals surface area contributed by atoms with Gasteiger partial charge in [0, 0.05) is 10.9 Å². The van der Waals surface area contributed by atoms with Crippen molar-refractivity contribution in [1.29, 1.82) is 0 Å². The number of hydrogen-bond donors (Lipinski definition) is 2. The van der Waals surface area contributed by atoms with Gasteiger partial charge in [0.05, 0.1) is 6.42 Å². The number of rotatable bonds is 4. The minimum atomic E-state index is -0.322. The van der Waals surface area contributed by atoms with Gasteiger partial charge in [0.25, 0.3) is 5.91 Å². The third-order valence-electron chi connectivity index (χ3n) is 2.68. The van der Waals surface area contributed by atoms with Gasteiger partial charge in [-0.25, -0.2) is 4.98 Å². The van der Waals surface area contributed by atoms with E-state index < -0.39 is 0 Å². The maximum atomic E-state index is 12.0. The monoisotopic (exact) mass is 317 g/mol. The second-order valence-electron chi connectivity index (χ2n) is 5.95. The molecule has 0 saturated carbocycles. The van der Waals surface area contributed by atoms with Crippen LogP contribution in [-0.4, -0.2) is 22.3 Å². The number of nitrogens with zero attached hydrogens (tertiary/aromatic N) is 1. The zero-order valence-electron chi connectivity index (χ0n) is 12.8. The summed E-state index contributed by atoms with van der Waals surface area (Å²) in [5, 5.41) is 7.62. The van der Waals surface area contributed by atoms with Crippen LogP contribution in [-0.2, 0) is 11.2 Å². The molecule has 1 aromatic carbocycles. The van der Waals surface area contributed by atoms with Gasteiger partial charge in [-0.05, 0) is 26.3 Å². The molecule has 0 bridgehead atoms. The van der Waals surface area contributed by atoms with Crippen molar-refractivity contribution in [3.8, 4) is 0 Å². The van der Waals surface area contributed by atoms with E-state index in [9.17, 15) is 9.59 Å². The van der Waals surface area contributed by atoms with E-state index in [1.807, 2.05) is 51.1 Å². The molecule has 1 heterocycles. The highest BCUT2D eigenvalue weighted by Gasteiger charge is 2.18. The van der Waals surface area contributed by atoms with Crippen molar-refractivity contribution in [3.05, 3.63) is 47.0 Å². The molecule has 2 amide bonds. The van der Waals surface area contributed by atoms with Gasteiger partial charge < -0.3 is 10.6 Å². The number of aromatic nitrogens is 1. The number of anilines is 1. The van der Waals surface area contributed by atoms with Crippen LogP contribution in [0.2, 0.25) is 0 Å². The third-order valence-corrected chi connectivity index (χ3v) is 3.44. The molecule has 0 aliphatic rings. The number of benzene rings is 1. The van der Waals surface area contributed by atoms with E-state index in [2.05, 4.69) is 15.6 Å². The van der Waals surface area contributed by atoms with Gasteiger partial charge in [-0.15, -0.1) is 11.3 Å². The molecule has 2 aromatic rings. The third kappa shape index (κ3) is 4.96. The molecule has 0 spiro atoms. The quantitative estimate of drug-likeness (QED) is 0.911. The van der Waals surface area contributed by atoms with Crippen molar-refractivity contribution >= 4 is 28.3 Å². The second-order valence-corrected chi connectivity index (χ2v) is 6.81. The number of nitrogens with one attached hydrogen (secondary N) is 2. The highest BCUT2D eigenvalue weighted by Crippen LogP contribution is 2.16. The van der Waals surface area contributed by atoms with Crippen LogP contribution in [0, 0.1) is 0 Å². The Morgan fingerprint density at radius 1 is 1.18 bits per heavy atom. The molecule has 5 nitrogen and oxygen atoms in total. The Bertz CT molecular complexity index is 660. The fourth-order valence-corrected chi connectivity index (χ4v) is 2.49. The number of thiazole rings is 1. The zero-order chi connectivity index (χ0) is 16.2. The number of carbonyl (C=O) groups excluding carboxylic acids is 2. The minimum absolute atomic E-state index is 0.150. The van der Waals surface area contributed by atoms with E-state index in [-0.39, 0.29) is 23.8 Å². The summed E-state index contributed by atoms with van der Waals surface area (Å²) in [6, 6.07) is 9.47. The molecular weight excluding hydrogens is 298 g/mol. The van der Waals surface area contributed by atoms with Crippen LogP contribution in [0.25, 0.3) is 0 Å². The minimum Gasteiger partial charge on any atom is -0.346 e. The summed E-state index contributed by atoms with van der Waals surface area (Å²) >= 11 is 1.24. The van der Waals surface area contributed by atoms with E-state index in [0.717, 1.165) is 5.56 Å². The highest BCUT2D eigenvalue weighted by molar-refractivity contribution is 7.14. The lowest BCUT2D eigenvalue weighted by atomic mass is 10.1. The molecule has 116 valence electrons. The Morgan fingerprint density at radius 3 is 2.50 bits per heavy atom. The van der Waals surface area contributed by atoms with E-state index in [1.54, 1.807) is 5.38 Å². The van der Waals surface area contributed by atoms with Crippen LogP contribution in [0.4, 0.5) is 5.13 Å². The molecule has 6 heteroatoms. The van der Waals surface area contributed by atoms with E-state index in [4.69, 9.17) is 0 Å². The zero-order valence-corrected chi connectivity index (χ0v) is 13.7. The molecule has 0 fully saturated rings. The van der Waals surface area contributed by atoms with Crippen LogP contribution in [0.15, 0.2) is 35.7 Å². The van der Waals surface area contributed by atoms with Crippen LogP contribution >= 0.6 is 11.3 Å². The molecule has 0 saturated heterocycles. The first-order chi connectivity index (χ1) is 10.3. The van der Waals surface area contributed by atoms with Gasteiger partial charge >= 0.3 is 0 Å². The largest absolute Gasteiger partial charge is 0.346 e. The van der Waals surface area contributed by atoms with Crippen molar-refractivity contribution in [2.24, 2.45) is 0 Å². The molecule has 2 rings (SSSR count). The van der Waals surface area contributed by atoms with Crippen LogP contribution in [0.3, 0.4) is 0 Å². The predicted octanol–water partition coefficient (Wildman–Crippen LogP) is 2.85. The standard InChI is InChI=1S/C16H19N3O2S/c1-16(2,3)19-14(21)12-10-22-15(17-12)18-13(20)9-11-7-5-4-6-8-11/h4-8,10H,9H2,1-3H3,(H,19,21)(H,17,18,20). The maximum Gasteiger partial charge on any atom is 0.271 e. The maximum absolute atomic E-state index is 12.0. The molecule has 22 heavy (non-hydrogen) atoms. The fraction of sp³-hybridized carbons (Fsp3) is 0.312. The topological polar surface area (TPSA) is 71.1 Å². The highest BCUT2D eigenvalue weighted by atomic mass is 32.1. The van der Waals surface area contributed by atoms with Gasteiger partial charge in [0.15, 0.2) is 5.13 Å². The molecule has 2 N–H and O–H groups in total. The van der Waals surface area contributed by atoms with Crippen molar-refractivity contribution in [2.45, 2.75) is 32.7 Å². The molecule has 0 atom stereocenters. The first-order valence-electron chi connectivity index (χ1n) is 6.95. The van der Waals surface area contributed by atoms with Gasteiger partial charge in [-0.1, -0.05) is 30.3 Å². The normalized spacial score (nSPS) is 11.0. The number of carbonyl (C=O) groups is 2. The van der Waals surface area contributed by atoms with Crippen LogP contribution < -0.4 is 10.6 Å². The van der Waals surface area contributed by atoms with Gasteiger partial charge in [-0.3, -0.25) is 9.59 Å². The Morgan fingerprint density at radius 2 is 1.86 bits per heavy atom. The summed E-state index contributed by atoms with van der Waals surface area (Å²) in [5.74, 6) is -0.393. The van der Waals surface area contributed by atoms with Crippen molar-refractivity contribution in [1.82, 2.24) is 10.3 Å². The van der Waals surface area contributed by atoms with Crippen LogP contribution in [0.5, 0.6) is 0 Å². The Kier molecular flexibility index (Phi) is 4.92. The van der Waals surface area contributed by atoms with Crippen molar-refractivity contribution < 1.29 is 9.59 Å². The first kappa shape index (κ1) is 16.2. The SMILES string of the molecule is CC(C)(C)NC(=O)c1csc(NC(=O)Cc2ccccc2)n1. The molecular formula is C16H19N3O2S. The second kappa shape index (κ2) is 6.70. The van der Waals surface area contributed by atoms with Crippen molar-refractivity contribution in [3.63, 3.8) is 0 Å². The van der Waals surface area contributed by atoms with Gasteiger partial charge in [0.2, 0.25) is 5.91 Å². The summed E-state index contributed by atoms with van der Waals surface area (Å²) in [5.41, 5.74) is 0.925. The van der Waals surface area contributed by atoms with E-state index in [1.165, 1.54) is 11.3 Å². The Hall–Kier alpha value is -2.21. The molecule has 1 aromatic heterocycles. The molecule has 0 unspecified atom stereocenters. The lowest BCUT2D eigenvalue weighted by molar-refractivity contribution is -0.115. The number of amides is 2. The first-order valence-corrected chi connectivity index (χ1v) is 7.83. The fourth-order valence-electron chi connectivity index (χ4n) is 1.78. The predicted molar refractivity (Wildman–Crippen MR) is 88.1 cm³/mol. The molecule has 0 radical (unpaired) electrons. The summed E-state index contributed by atoms with van der Waals surface area (Å²) < 4.78 is 0. The summed E-state index contributed by atoms with van der Waals surface area (Å²) in [4.78, 5) is 28.1. The smallest absolute Gasteiger partial charge is 0.271 e. The molecule has 0 aliphatic carbocycles. The summed E-state index contributed by atoms with van der Waals surface area (Å²) in [6.45, 7) is 5.71. The van der Waals surface area contributed by atoms with E-state index in [0.29, 0.717) is 10.8 Å². The van der Waals surface area contributed by atoms with Gasteiger partial charge in [0.1, 0.15) is 5.69 Å². The lowest BCUT2D eigenvalue weighted by Crippen LogP contribution is -2.40. The van der Waals surface area contributed by atoms with E-state index >= 15 is 0 Å². The average molecular weight is 317 g/mol. The number of hydrogen-bond acceptors (Lipinski definition) is 4. The lowest BCUT2D eigenvalue weighted by Gasteiger charge is -2.19. The summed E-state index contributed by atoms with van der Waals surface area (Å²) in [6.07, 6.45) is 0.282. The average Bonchev–Trinajstić information content (AvgIpc) is 2.86.